The fourth-order valence-corrected chi connectivity index (χ4v) is 3.47. The van der Waals surface area contributed by atoms with E-state index < -0.39 is 5.91 Å². The van der Waals surface area contributed by atoms with Gasteiger partial charge >= 0.3 is 5.69 Å². The van der Waals surface area contributed by atoms with Gasteiger partial charge in [0.1, 0.15) is 0 Å². The molecule has 0 radical (unpaired) electrons. The molecular formula is C22H27N5O3. The van der Waals surface area contributed by atoms with E-state index >= 15 is 0 Å². The smallest absolute Gasteiger partial charge is 0.328 e. The standard InChI is InChI=1S/C22H27N5O3/c1-4-26(5-2)17-12-10-16(11-13-17)21(29)24-23-20(28)14-15-27-19-9-7-6-8-18(19)25(3)22(27)30/h6-13H,4-5,14-15H2,1-3H3,(H,23,28)(H,24,29). The topological polar surface area (TPSA) is 88.4 Å². The molecule has 158 valence electrons. The minimum atomic E-state index is -0.392. The molecule has 0 fully saturated rings. The number of benzene rings is 2. The lowest BCUT2D eigenvalue weighted by molar-refractivity contribution is -0.122. The van der Waals surface area contributed by atoms with Crippen LogP contribution in [0.15, 0.2) is 53.3 Å². The molecule has 2 aromatic carbocycles. The van der Waals surface area contributed by atoms with Crippen molar-refractivity contribution in [3.05, 3.63) is 64.6 Å². The molecule has 2 N–H and O–H groups in total. The number of aromatic nitrogens is 2. The second kappa shape index (κ2) is 9.30. The molecule has 1 aromatic heterocycles. The molecule has 8 nitrogen and oxygen atoms in total. The Kier molecular flexibility index (Phi) is 6.56. The number of carbonyl (C=O) groups excluding carboxylic acids is 2. The summed E-state index contributed by atoms with van der Waals surface area (Å²) in [5, 5.41) is 0. The van der Waals surface area contributed by atoms with Gasteiger partial charge in [-0.15, -0.1) is 0 Å². The second-order valence-corrected chi connectivity index (χ2v) is 6.95. The number of amides is 2. The lowest BCUT2D eigenvalue weighted by Gasteiger charge is -2.21. The van der Waals surface area contributed by atoms with Crippen LogP contribution in [-0.4, -0.2) is 34.0 Å². The van der Waals surface area contributed by atoms with Crippen LogP contribution in [-0.2, 0) is 18.4 Å². The maximum Gasteiger partial charge on any atom is 0.328 e. The predicted octanol–water partition coefficient (Wildman–Crippen LogP) is 2.04. The molecule has 30 heavy (non-hydrogen) atoms. The number of hydrazine groups is 1. The fraction of sp³-hybridized carbons (Fsp3) is 0.318. The number of rotatable bonds is 7. The number of carbonyl (C=O) groups is 2. The van der Waals surface area contributed by atoms with Gasteiger partial charge in [0.25, 0.3) is 5.91 Å². The van der Waals surface area contributed by atoms with Gasteiger partial charge in [0.15, 0.2) is 0 Å². The maximum atomic E-state index is 12.4. The first-order valence-electron chi connectivity index (χ1n) is 10.0. The Morgan fingerprint density at radius 3 is 2.20 bits per heavy atom. The summed E-state index contributed by atoms with van der Waals surface area (Å²) in [6.07, 6.45) is 0.0646. The molecule has 2 amide bonds. The molecule has 0 saturated carbocycles. The van der Waals surface area contributed by atoms with Crippen molar-refractivity contribution in [3.8, 4) is 0 Å². The molecule has 8 heteroatoms. The van der Waals surface area contributed by atoms with Crippen molar-refractivity contribution in [2.45, 2.75) is 26.8 Å². The van der Waals surface area contributed by atoms with Crippen LogP contribution >= 0.6 is 0 Å². The summed E-state index contributed by atoms with van der Waals surface area (Å²) in [7, 11) is 1.70. The van der Waals surface area contributed by atoms with Gasteiger partial charge in [-0.1, -0.05) is 12.1 Å². The fourth-order valence-electron chi connectivity index (χ4n) is 3.47. The highest BCUT2D eigenvalue weighted by molar-refractivity contribution is 5.95. The van der Waals surface area contributed by atoms with E-state index in [9.17, 15) is 14.4 Å². The van der Waals surface area contributed by atoms with E-state index in [1.54, 1.807) is 28.3 Å². The van der Waals surface area contributed by atoms with Crippen LogP contribution in [0.3, 0.4) is 0 Å². The molecule has 0 aliphatic carbocycles. The summed E-state index contributed by atoms with van der Waals surface area (Å²) in [6, 6.07) is 14.6. The number of hydrogen-bond acceptors (Lipinski definition) is 4. The number of aryl methyl sites for hydroxylation is 2. The van der Waals surface area contributed by atoms with Crippen LogP contribution in [0, 0.1) is 0 Å². The quantitative estimate of drug-likeness (QED) is 0.585. The van der Waals surface area contributed by atoms with Crippen molar-refractivity contribution in [2.24, 2.45) is 7.05 Å². The monoisotopic (exact) mass is 409 g/mol. The summed E-state index contributed by atoms with van der Waals surface area (Å²) >= 11 is 0. The zero-order valence-electron chi connectivity index (χ0n) is 17.5. The highest BCUT2D eigenvalue weighted by atomic mass is 16.2. The molecule has 1 heterocycles. The Morgan fingerprint density at radius 2 is 1.57 bits per heavy atom. The van der Waals surface area contributed by atoms with Gasteiger partial charge in [-0.25, -0.2) is 4.79 Å². The average Bonchev–Trinajstić information content (AvgIpc) is 3.02. The lowest BCUT2D eigenvalue weighted by atomic mass is 10.2. The Labute approximate surface area is 175 Å². The van der Waals surface area contributed by atoms with Crippen LogP contribution in [0.1, 0.15) is 30.6 Å². The van der Waals surface area contributed by atoms with E-state index in [2.05, 4.69) is 29.6 Å². The largest absolute Gasteiger partial charge is 0.372 e. The van der Waals surface area contributed by atoms with Gasteiger partial charge in [0.05, 0.1) is 11.0 Å². The molecule has 0 unspecified atom stereocenters. The number of hydrogen-bond donors (Lipinski definition) is 2. The second-order valence-electron chi connectivity index (χ2n) is 6.95. The molecule has 0 atom stereocenters. The maximum absolute atomic E-state index is 12.4. The van der Waals surface area contributed by atoms with Gasteiger partial charge in [-0.3, -0.25) is 29.6 Å². The average molecular weight is 409 g/mol. The normalized spacial score (nSPS) is 10.8. The summed E-state index contributed by atoms with van der Waals surface area (Å²) in [6.45, 7) is 6.15. The van der Waals surface area contributed by atoms with Crippen molar-refractivity contribution in [2.75, 3.05) is 18.0 Å². The van der Waals surface area contributed by atoms with Gasteiger partial charge in [0, 0.05) is 44.4 Å². The van der Waals surface area contributed by atoms with Gasteiger partial charge in [-0.2, -0.15) is 0 Å². The van der Waals surface area contributed by atoms with Crippen LogP contribution in [0.4, 0.5) is 5.69 Å². The van der Waals surface area contributed by atoms with Crippen LogP contribution in [0.5, 0.6) is 0 Å². The molecule has 0 saturated heterocycles. The SMILES string of the molecule is CCN(CC)c1ccc(C(=O)NNC(=O)CCn2c(=O)n(C)c3ccccc32)cc1. The zero-order chi connectivity index (χ0) is 21.7. The van der Waals surface area contributed by atoms with Gasteiger partial charge in [-0.05, 0) is 50.2 Å². The first-order valence-corrected chi connectivity index (χ1v) is 10.0. The Hall–Kier alpha value is -3.55. The van der Waals surface area contributed by atoms with Crippen molar-refractivity contribution < 1.29 is 9.59 Å². The molecule has 0 bridgehead atoms. The number of fused-ring (bicyclic) bond motifs is 1. The Bertz CT molecular complexity index is 1090. The van der Waals surface area contributed by atoms with E-state index in [-0.39, 0.29) is 24.6 Å². The summed E-state index contributed by atoms with van der Waals surface area (Å²) in [5.41, 5.74) is 7.74. The van der Waals surface area contributed by atoms with E-state index in [4.69, 9.17) is 0 Å². The molecule has 0 aliphatic rings. The van der Waals surface area contributed by atoms with E-state index in [0.29, 0.717) is 5.56 Å². The first kappa shape index (κ1) is 21.2. The van der Waals surface area contributed by atoms with Crippen LogP contribution < -0.4 is 21.4 Å². The number of para-hydroxylation sites is 2. The minimum Gasteiger partial charge on any atom is -0.372 e. The number of nitrogens with zero attached hydrogens (tertiary/aromatic N) is 3. The first-order chi connectivity index (χ1) is 14.5. The molecule has 3 aromatic rings. The third-order valence-corrected chi connectivity index (χ3v) is 5.19. The van der Waals surface area contributed by atoms with Crippen LogP contribution in [0.25, 0.3) is 11.0 Å². The third kappa shape index (κ3) is 4.37. The Morgan fingerprint density at radius 1 is 0.933 bits per heavy atom. The van der Waals surface area contributed by atoms with Gasteiger partial charge in [0.2, 0.25) is 5.91 Å². The number of anilines is 1. The summed E-state index contributed by atoms with van der Waals surface area (Å²) < 4.78 is 3.11. The molecule has 0 spiro atoms. The van der Waals surface area contributed by atoms with Crippen molar-refractivity contribution in [3.63, 3.8) is 0 Å². The van der Waals surface area contributed by atoms with Crippen molar-refractivity contribution >= 4 is 28.5 Å². The predicted molar refractivity (Wildman–Crippen MR) is 117 cm³/mol. The van der Waals surface area contributed by atoms with E-state index in [1.807, 2.05) is 36.4 Å². The molecule has 0 aliphatic heterocycles. The van der Waals surface area contributed by atoms with Gasteiger partial charge < -0.3 is 4.90 Å². The highest BCUT2D eigenvalue weighted by Crippen LogP contribution is 2.15. The minimum absolute atomic E-state index is 0.0646. The summed E-state index contributed by atoms with van der Waals surface area (Å²) in [4.78, 5) is 39.0. The Balaban J connectivity index is 1.56. The third-order valence-electron chi connectivity index (χ3n) is 5.19. The number of nitrogens with one attached hydrogen (secondary N) is 2. The zero-order valence-corrected chi connectivity index (χ0v) is 17.5. The lowest BCUT2D eigenvalue weighted by Crippen LogP contribution is -2.42. The van der Waals surface area contributed by atoms with E-state index in [1.165, 1.54) is 0 Å². The van der Waals surface area contributed by atoms with E-state index in [0.717, 1.165) is 29.8 Å². The van der Waals surface area contributed by atoms with Crippen molar-refractivity contribution in [1.29, 1.82) is 0 Å². The molecular weight excluding hydrogens is 382 g/mol. The highest BCUT2D eigenvalue weighted by Gasteiger charge is 2.12. The summed E-state index contributed by atoms with van der Waals surface area (Å²) in [5.74, 6) is -0.764. The number of imidazole rings is 1. The molecule has 3 rings (SSSR count). The van der Waals surface area contributed by atoms with Crippen molar-refractivity contribution in [1.82, 2.24) is 20.0 Å². The van der Waals surface area contributed by atoms with Crippen LogP contribution in [0.2, 0.25) is 0 Å².